The summed E-state index contributed by atoms with van der Waals surface area (Å²) >= 11 is 0. The molecule has 0 radical (unpaired) electrons. The number of hydrogen-bond acceptors (Lipinski definition) is 3. The largest absolute Gasteiger partial charge is 0.465 e. The Morgan fingerprint density at radius 2 is 1.49 bits per heavy atom. The van der Waals surface area contributed by atoms with Gasteiger partial charge >= 0.3 is 18.4 Å². The molecule has 3 unspecified atom stereocenters. The molecule has 2 N–H and O–H groups in total. The third kappa shape index (κ3) is 6.81. The minimum absolute atomic E-state index is 0.0255. The average Bonchev–Trinajstić information content (AvgIpc) is 2.87. The molecule has 0 aromatic heterocycles. The fourth-order valence-corrected chi connectivity index (χ4v) is 5.46. The number of nitrogens with one attached hydrogen (secondary N) is 1. The number of hydrogen-bond donors (Lipinski definition) is 2. The van der Waals surface area contributed by atoms with E-state index in [-0.39, 0.29) is 31.2 Å². The van der Waals surface area contributed by atoms with Crippen LogP contribution < -0.4 is 5.32 Å². The second-order valence-corrected chi connectivity index (χ2v) is 9.84. The van der Waals surface area contributed by atoms with Crippen LogP contribution >= 0.6 is 0 Å². The zero-order chi connectivity index (χ0) is 28.5. The first kappa shape index (κ1) is 28.7. The van der Waals surface area contributed by atoms with E-state index < -0.39 is 52.8 Å². The molecule has 13 heteroatoms. The standard InChI is InChI=1S/C26H26F7N3O3/c27-19-5-3-15(4-6-19)21-14-36(9-7-22(21)35-8-1-2-20(13-35)34-24(38)39)23(37)16-10-17(25(28,29)30)12-18(11-16)26(31,32)33/h3-6,10-12,20-22,34H,1-2,7-9,13-14H2,(H,38,39). The van der Waals surface area contributed by atoms with Crippen molar-refractivity contribution < 1.29 is 45.4 Å². The predicted molar refractivity (Wildman–Crippen MR) is 126 cm³/mol. The molecule has 212 valence electrons. The Hall–Kier alpha value is -3.35. The third-order valence-corrected chi connectivity index (χ3v) is 7.25. The Morgan fingerprint density at radius 1 is 0.872 bits per heavy atom. The summed E-state index contributed by atoms with van der Waals surface area (Å²) in [7, 11) is 0. The van der Waals surface area contributed by atoms with Crippen molar-refractivity contribution in [2.45, 2.75) is 49.6 Å². The SMILES string of the molecule is O=C(O)NC1CCCN(C2CCN(C(=O)c3cc(C(F)(F)F)cc(C(F)(F)F)c3)CC2c2ccc(F)cc2)C1. The fraction of sp³-hybridized carbons (Fsp3) is 0.462. The molecule has 2 heterocycles. The summed E-state index contributed by atoms with van der Waals surface area (Å²) in [6.07, 6.45) is -9.66. The van der Waals surface area contributed by atoms with Crippen LogP contribution in [0.5, 0.6) is 0 Å². The normalized spacial score (nSPS) is 22.9. The van der Waals surface area contributed by atoms with Crippen LogP contribution in [0.1, 0.15) is 52.2 Å². The number of alkyl halides is 6. The van der Waals surface area contributed by atoms with Crippen molar-refractivity contribution in [3.05, 3.63) is 70.5 Å². The lowest BCUT2D eigenvalue weighted by atomic mass is 9.83. The number of rotatable bonds is 4. The molecule has 0 aliphatic carbocycles. The second kappa shape index (κ2) is 11.0. The van der Waals surface area contributed by atoms with Crippen LogP contribution in [0.25, 0.3) is 0 Å². The summed E-state index contributed by atoms with van der Waals surface area (Å²) in [5.74, 6) is -1.91. The van der Waals surface area contributed by atoms with E-state index in [9.17, 15) is 40.3 Å². The summed E-state index contributed by atoms with van der Waals surface area (Å²) < 4.78 is 93.8. The van der Waals surface area contributed by atoms with Gasteiger partial charge < -0.3 is 15.3 Å². The lowest BCUT2D eigenvalue weighted by molar-refractivity contribution is -0.143. The van der Waals surface area contributed by atoms with Crippen LogP contribution in [-0.4, -0.2) is 65.2 Å². The minimum atomic E-state index is -5.09. The Morgan fingerprint density at radius 3 is 2.05 bits per heavy atom. The Balaban J connectivity index is 1.63. The van der Waals surface area contributed by atoms with E-state index in [2.05, 4.69) is 10.2 Å². The molecule has 3 atom stereocenters. The first-order valence-electron chi connectivity index (χ1n) is 12.3. The van der Waals surface area contributed by atoms with Gasteiger partial charge in [0, 0.05) is 43.2 Å². The van der Waals surface area contributed by atoms with Gasteiger partial charge in [0.15, 0.2) is 0 Å². The molecule has 0 saturated carbocycles. The van der Waals surface area contributed by atoms with Crippen LogP contribution in [0.2, 0.25) is 0 Å². The van der Waals surface area contributed by atoms with Crippen LogP contribution in [0.15, 0.2) is 42.5 Å². The first-order valence-corrected chi connectivity index (χ1v) is 12.3. The molecular formula is C26H26F7N3O3. The van der Waals surface area contributed by atoms with Crippen molar-refractivity contribution in [2.75, 3.05) is 26.2 Å². The van der Waals surface area contributed by atoms with E-state index in [0.717, 1.165) is 0 Å². The van der Waals surface area contributed by atoms with E-state index in [1.165, 1.54) is 29.2 Å². The van der Waals surface area contributed by atoms with Gasteiger partial charge in [-0.25, -0.2) is 9.18 Å². The maximum absolute atomic E-state index is 13.7. The molecule has 39 heavy (non-hydrogen) atoms. The zero-order valence-electron chi connectivity index (χ0n) is 20.5. The van der Waals surface area contributed by atoms with Gasteiger partial charge in [-0.05, 0) is 61.7 Å². The van der Waals surface area contributed by atoms with Gasteiger partial charge in [0.25, 0.3) is 5.91 Å². The maximum atomic E-state index is 13.7. The molecule has 2 aromatic carbocycles. The topological polar surface area (TPSA) is 72.9 Å². The number of nitrogens with zero attached hydrogens (tertiary/aromatic N) is 2. The van der Waals surface area contributed by atoms with Crippen molar-refractivity contribution in [1.29, 1.82) is 0 Å². The molecule has 0 spiro atoms. The average molecular weight is 561 g/mol. The van der Waals surface area contributed by atoms with E-state index >= 15 is 0 Å². The van der Waals surface area contributed by atoms with E-state index in [4.69, 9.17) is 5.11 Å². The summed E-state index contributed by atoms with van der Waals surface area (Å²) in [4.78, 5) is 27.7. The number of carbonyl (C=O) groups excluding carboxylic acids is 1. The second-order valence-electron chi connectivity index (χ2n) is 9.84. The number of carbonyl (C=O) groups is 2. The smallest absolute Gasteiger partial charge is 0.416 e. The highest BCUT2D eigenvalue weighted by atomic mass is 19.4. The Bertz CT molecular complexity index is 1170. The van der Waals surface area contributed by atoms with Gasteiger partial charge in [-0.2, -0.15) is 26.3 Å². The number of carboxylic acid groups (broad SMARTS) is 1. The van der Waals surface area contributed by atoms with Crippen molar-refractivity contribution in [3.63, 3.8) is 0 Å². The molecule has 2 aliphatic heterocycles. The van der Waals surface area contributed by atoms with Gasteiger partial charge in [-0.1, -0.05) is 12.1 Å². The molecule has 0 bridgehead atoms. The van der Waals surface area contributed by atoms with Crippen molar-refractivity contribution in [2.24, 2.45) is 0 Å². The van der Waals surface area contributed by atoms with Crippen LogP contribution in [0, 0.1) is 5.82 Å². The molecule has 2 aromatic rings. The first-order chi connectivity index (χ1) is 18.2. The summed E-state index contributed by atoms with van der Waals surface area (Å²) in [6.45, 7) is 1.06. The van der Waals surface area contributed by atoms with Crippen molar-refractivity contribution in [1.82, 2.24) is 15.1 Å². The molecule has 2 aliphatic rings. The number of likely N-dealkylation sites (tertiary alicyclic amines) is 2. The number of amides is 2. The maximum Gasteiger partial charge on any atom is 0.416 e. The Kier molecular flexibility index (Phi) is 8.10. The predicted octanol–water partition coefficient (Wildman–Crippen LogP) is 5.59. The third-order valence-electron chi connectivity index (χ3n) is 7.25. The van der Waals surface area contributed by atoms with E-state index in [1.54, 1.807) is 0 Å². The molecule has 2 saturated heterocycles. The monoisotopic (exact) mass is 561 g/mol. The number of benzene rings is 2. The Labute approximate surface area is 219 Å². The van der Waals surface area contributed by atoms with Gasteiger partial charge in [-0.15, -0.1) is 0 Å². The van der Waals surface area contributed by atoms with Crippen LogP contribution in [0.4, 0.5) is 35.5 Å². The lowest BCUT2D eigenvalue weighted by Crippen LogP contribution is -2.56. The molecule has 2 fully saturated rings. The van der Waals surface area contributed by atoms with Gasteiger partial charge in [0.1, 0.15) is 5.82 Å². The molecule has 4 rings (SSSR count). The highest BCUT2D eigenvalue weighted by molar-refractivity contribution is 5.95. The number of halogens is 7. The minimum Gasteiger partial charge on any atom is -0.465 e. The molecule has 2 amide bonds. The zero-order valence-corrected chi connectivity index (χ0v) is 20.5. The van der Waals surface area contributed by atoms with E-state index in [1.807, 2.05) is 0 Å². The summed E-state index contributed by atoms with van der Waals surface area (Å²) in [6, 6.07) is 5.81. The fourth-order valence-electron chi connectivity index (χ4n) is 5.46. The van der Waals surface area contributed by atoms with Crippen LogP contribution in [0.3, 0.4) is 0 Å². The van der Waals surface area contributed by atoms with E-state index in [0.29, 0.717) is 50.0 Å². The highest BCUT2D eigenvalue weighted by Crippen LogP contribution is 2.38. The molecular weight excluding hydrogens is 535 g/mol. The van der Waals surface area contributed by atoms with Crippen LogP contribution in [-0.2, 0) is 12.4 Å². The van der Waals surface area contributed by atoms with Gasteiger partial charge in [-0.3, -0.25) is 9.69 Å². The highest BCUT2D eigenvalue weighted by Gasteiger charge is 2.41. The molecule has 6 nitrogen and oxygen atoms in total. The van der Waals surface area contributed by atoms with Crippen molar-refractivity contribution >= 4 is 12.0 Å². The quantitative estimate of drug-likeness (QED) is 0.478. The summed E-state index contributed by atoms with van der Waals surface area (Å²) in [5, 5.41) is 11.6. The lowest BCUT2D eigenvalue weighted by Gasteiger charge is -2.46. The summed E-state index contributed by atoms with van der Waals surface area (Å²) in [5.41, 5.74) is -3.23. The number of piperidine rings is 2. The van der Waals surface area contributed by atoms with Gasteiger partial charge in [0.05, 0.1) is 11.1 Å². The van der Waals surface area contributed by atoms with Crippen molar-refractivity contribution in [3.8, 4) is 0 Å². The van der Waals surface area contributed by atoms with Gasteiger partial charge in [0.2, 0.25) is 0 Å².